The van der Waals surface area contributed by atoms with Crippen molar-refractivity contribution in [3.63, 3.8) is 0 Å². The van der Waals surface area contributed by atoms with Crippen LogP contribution in [0.25, 0.3) is 0 Å². The molecular formula is C11H21ClN4O2S. The van der Waals surface area contributed by atoms with E-state index in [-0.39, 0.29) is 18.4 Å². The lowest BCUT2D eigenvalue weighted by Gasteiger charge is -2.23. The van der Waals surface area contributed by atoms with Crippen LogP contribution in [0.4, 0.5) is 0 Å². The number of hydrogen-bond acceptors (Lipinski definition) is 4. The summed E-state index contributed by atoms with van der Waals surface area (Å²) in [4.78, 5) is 0. The van der Waals surface area contributed by atoms with Gasteiger partial charge in [-0.15, -0.1) is 12.4 Å². The Bertz CT molecular complexity index is 503. The van der Waals surface area contributed by atoms with Crippen molar-refractivity contribution in [3.05, 3.63) is 12.3 Å². The Kier molecular flexibility index (Phi) is 5.79. The fourth-order valence-corrected chi connectivity index (χ4v) is 4.32. The Balaban J connectivity index is 0.00000180. The quantitative estimate of drug-likeness (QED) is 0.869. The molecule has 1 fully saturated rings. The minimum atomic E-state index is -3.42. The third kappa shape index (κ3) is 3.10. The van der Waals surface area contributed by atoms with E-state index in [0.29, 0.717) is 24.7 Å². The topological polar surface area (TPSA) is 67.2 Å². The average molecular weight is 309 g/mol. The van der Waals surface area contributed by atoms with Crippen LogP contribution in [0.2, 0.25) is 0 Å². The van der Waals surface area contributed by atoms with Gasteiger partial charge in [0.1, 0.15) is 0 Å². The smallest absolute Gasteiger partial charge is 0.260 e. The van der Waals surface area contributed by atoms with E-state index in [1.807, 2.05) is 14.0 Å². The van der Waals surface area contributed by atoms with Crippen molar-refractivity contribution in [2.45, 2.75) is 37.4 Å². The van der Waals surface area contributed by atoms with Crippen LogP contribution in [-0.4, -0.2) is 48.7 Å². The zero-order chi connectivity index (χ0) is 13.2. The molecule has 2 rings (SSSR count). The maximum atomic E-state index is 12.6. The van der Waals surface area contributed by atoms with Gasteiger partial charge in [0.05, 0.1) is 6.20 Å². The Morgan fingerprint density at radius 2 is 2.26 bits per heavy atom. The second-order valence-corrected chi connectivity index (χ2v) is 6.29. The summed E-state index contributed by atoms with van der Waals surface area (Å²) in [6.45, 7) is 3.75. The molecular weight excluding hydrogens is 288 g/mol. The standard InChI is InChI=1S/C11H20N4O2S.ClH/c1-3-14-11(6-7-13-14)18(16,17)15-8-4-5-10(15)9-12-2;/h6-7,10,12H,3-5,8-9H2,1-2H3;1H. The van der Waals surface area contributed by atoms with E-state index in [1.165, 1.54) is 4.68 Å². The Hall–Kier alpha value is -0.630. The Morgan fingerprint density at radius 1 is 1.53 bits per heavy atom. The second kappa shape index (κ2) is 6.69. The van der Waals surface area contributed by atoms with Gasteiger partial charge in [0.2, 0.25) is 0 Å². The van der Waals surface area contributed by atoms with Gasteiger partial charge in [0.15, 0.2) is 5.03 Å². The van der Waals surface area contributed by atoms with Crippen LogP contribution in [0.5, 0.6) is 0 Å². The first-order valence-electron chi connectivity index (χ1n) is 6.29. The summed E-state index contributed by atoms with van der Waals surface area (Å²) in [7, 11) is -1.57. The van der Waals surface area contributed by atoms with Crippen LogP contribution in [0.3, 0.4) is 0 Å². The van der Waals surface area contributed by atoms with E-state index in [0.717, 1.165) is 12.8 Å². The van der Waals surface area contributed by atoms with E-state index >= 15 is 0 Å². The normalized spacial score (nSPS) is 20.4. The van der Waals surface area contributed by atoms with Crippen molar-refractivity contribution in [2.24, 2.45) is 0 Å². The molecule has 0 saturated carbocycles. The second-order valence-electron chi connectivity index (χ2n) is 4.45. The molecule has 1 atom stereocenters. The molecule has 19 heavy (non-hydrogen) atoms. The summed E-state index contributed by atoms with van der Waals surface area (Å²) in [5.41, 5.74) is 0. The number of nitrogens with zero attached hydrogens (tertiary/aromatic N) is 3. The number of sulfonamides is 1. The lowest BCUT2D eigenvalue weighted by molar-refractivity contribution is 0.373. The molecule has 110 valence electrons. The molecule has 1 aliphatic rings. The number of aryl methyl sites for hydroxylation is 1. The van der Waals surface area contributed by atoms with Crippen LogP contribution in [0, 0.1) is 0 Å². The molecule has 2 heterocycles. The molecule has 6 nitrogen and oxygen atoms in total. The van der Waals surface area contributed by atoms with Gasteiger partial charge >= 0.3 is 0 Å². The molecule has 1 aromatic heterocycles. The van der Waals surface area contributed by atoms with Crippen molar-refractivity contribution in [2.75, 3.05) is 20.1 Å². The van der Waals surface area contributed by atoms with Crippen molar-refractivity contribution in [3.8, 4) is 0 Å². The van der Waals surface area contributed by atoms with Gasteiger partial charge in [-0.1, -0.05) is 0 Å². The Morgan fingerprint density at radius 3 is 2.89 bits per heavy atom. The van der Waals surface area contributed by atoms with Crippen LogP contribution in [0.15, 0.2) is 17.3 Å². The van der Waals surface area contributed by atoms with E-state index in [2.05, 4.69) is 10.4 Å². The van der Waals surface area contributed by atoms with Crippen LogP contribution in [-0.2, 0) is 16.6 Å². The van der Waals surface area contributed by atoms with E-state index in [1.54, 1.807) is 16.6 Å². The van der Waals surface area contributed by atoms with Gasteiger partial charge in [-0.05, 0) is 32.9 Å². The van der Waals surface area contributed by atoms with Gasteiger partial charge in [0, 0.05) is 25.7 Å². The first-order valence-corrected chi connectivity index (χ1v) is 7.73. The fourth-order valence-electron chi connectivity index (χ4n) is 2.46. The van der Waals surface area contributed by atoms with Gasteiger partial charge in [-0.2, -0.15) is 9.40 Å². The third-order valence-corrected chi connectivity index (χ3v) is 5.29. The molecule has 1 aromatic rings. The molecule has 0 aliphatic carbocycles. The molecule has 0 bridgehead atoms. The molecule has 1 saturated heterocycles. The van der Waals surface area contributed by atoms with Gasteiger partial charge < -0.3 is 5.32 Å². The molecule has 0 radical (unpaired) electrons. The third-order valence-electron chi connectivity index (χ3n) is 3.31. The SMILES string of the molecule is CCn1nccc1S(=O)(=O)N1CCCC1CNC.Cl. The molecule has 1 N–H and O–H groups in total. The first-order chi connectivity index (χ1) is 8.61. The fraction of sp³-hybridized carbons (Fsp3) is 0.727. The highest BCUT2D eigenvalue weighted by atomic mass is 35.5. The average Bonchev–Trinajstić information content (AvgIpc) is 2.97. The molecule has 0 spiro atoms. The molecule has 0 amide bonds. The van der Waals surface area contributed by atoms with Gasteiger partial charge in [-0.3, -0.25) is 4.68 Å². The maximum absolute atomic E-state index is 12.6. The zero-order valence-electron chi connectivity index (χ0n) is 11.2. The van der Waals surface area contributed by atoms with Crippen LogP contribution in [0.1, 0.15) is 19.8 Å². The predicted molar refractivity (Wildman–Crippen MR) is 76.0 cm³/mol. The molecule has 1 unspecified atom stereocenters. The van der Waals surface area contributed by atoms with E-state index < -0.39 is 10.0 Å². The lowest BCUT2D eigenvalue weighted by Crippen LogP contribution is -2.41. The van der Waals surface area contributed by atoms with Crippen molar-refractivity contribution in [1.82, 2.24) is 19.4 Å². The summed E-state index contributed by atoms with van der Waals surface area (Å²) in [6.07, 6.45) is 3.38. The number of rotatable bonds is 5. The maximum Gasteiger partial charge on any atom is 0.260 e. The highest BCUT2D eigenvalue weighted by Gasteiger charge is 2.36. The highest BCUT2D eigenvalue weighted by Crippen LogP contribution is 2.25. The van der Waals surface area contributed by atoms with E-state index in [9.17, 15) is 8.42 Å². The number of aromatic nitrogens is 2. The molecule has 1 aliphatic heterocycles. The summed E-state index contributed by atoms with van der Waals surface area (Å²) in [5, 5.41) is 7.39. The zero-order valence-corrected chi connectivity index (χ0v) is 12.9. The monoisotopic (exact) mass is 308 g/mol. The predicted octanol–water partition coefficient (Wildman–Crippen LogP) is 0.697. The first kappa shape index (κ1) is 16.4. The van der Waals surface area contributed by atoms with E-state index in [4.69, 9.17) is 0 Å². The minimum absolute atomic E-state index is 0. The number of nitrogens with one attached hydrogen (secondary N) is 1. The van der Waals surface area contributed by atoms with Crippen molar-refractivity contribution >= 4 is 22.4 Å². The Labute approximate surface area is 120 Å². The van der Waals surface area contributed by atoms with Crippen LogP contribution >= 0.6 is 12.4 Å². The van der Waals surface area contributed by atoms with Gasteiger partial charge in [0.25, 0.3) is 10.0 Å². The molecule has 8 heteroatoms. The lowest BCUT2D eigenvalue weighted by atomic mass is 10.2. The highest BCUT2D eigenvalue weighted by molar-refractivity contribution is 7.89. The van der Waals surface area contributed by atoms with Gasteiger partial charge in [-0.25, -0.2) is 8.42 Å². The van der Waals surface area contributed by atoms with Crippen molar-refractivity contribution < 1.29 is 8.42 Å². The summed E-state index contributed by atoms with van der Waals surface area (Å²) in [5.74, 6) is 0. The number of hydrogen-bond donors (Lipinski definition) is 1. The van der Waals surface area contributed by atoms with Crippen molar-refractivity contribution in [1.29, 1.82) is 0 Å². The number of halogens is 1. The summed E-state index contributed by atoms with van der Waals surface area (Å²) < 4.78 is 28.3. The summed E-state index contributed by atoms with van der Waals surface area (Å²) >= 11 is 0. The summed E-state index contributed by atoms with van der Waals surface area (Å²) in [6, 6.07) is 1.63. The largest absolute Gasteiger partial charge is 0.318 e. The van der Waals surface area contributed by atoms with Crippen LogP contribution < -0.4 is 5.32 Å². The minimum Gasteiger partial charge on any atom is -0.318 e. The number of likely N-dealkylation sites (N-methyl/N-ethyl adjacent to an activating group) is 1. The molecule has 0 aromatic carbocycles.